The molecule has 0 radical (unpaired) electrons. The van der Waals surface area contributed by atoms with Gasteiger partial charge in [-0.3, -0.25) is 9.59 Å². The highest BCUT2D eigenvalue weighted by atomic mass is 35.5. The van der Waals surface area contributed by atoms with Crippen LogP contribution in [0.15, 0.2) is 0 Å². The van der Waals surface area contributed by atoms with Gasteiger partial charge in [-0.25, -0.2) is 4.79 Å². The summed E-state index contributed by atoms with van der Waals surface area (Å²) in [5.74, 6) is -1.74. The van der Waals surface area contributed by atoms with Crippen molar-refractivity contribution in [1.82, 2.24) is 0 Å². The Morgan fingerprint density at radius 1 is 1.33 bits per heavy atom. The van der Waals surface area contributed by atoms with Gasteiger partial charge in [-0.05, 0) is 39.7 Å². The minimum Gasteiger partial charge on any atom is -0.459 e. The van der Waals surface area contributed by atoms with Gasteiger partial charge in [-0.15, -0.1) is 34.5 Å². The summed E-state index contributed by atoms with van der Waals surface area (Å²) in [6.07, 6.45) is -0.0510. The zero-order valence-electron chi connectivity index (χ0n) is 13.7. The predicted molar refractivity (Wildman–Crippen MR) is 93.9 cm³/mol. The average molecular weight is 393 g/mol. The standard InChI is InChI=1S/C15H18Cl2N2O4S/c1-6(2)23-12(21)8-7(3)9(10(18)20)24-11(8)19-13(22)14(4)5-15(14,16)17/h6H,5H2,1-4H3,(H2,18,20)(H,19,22). The molecule has 9 heteroatoms. The first-order valence-corrected chi connectivity index (χ1v) is 8.81. The summed E-state index contributed by atoms with van der Waals surface area (Å²) in [4.78, 5) is 36.5. The molecule has 0 aromatic carbocycles. The van der Waals surface area contributed by atoms with Crippen LogP contribution in [0.25, 0.3) is 0 Å². The Morgan fingerprint density at radius 2 is 1.88 bits per heavy atom. The summed E-state index contributed by atoms with van der Waals surface area (Å²) in [6.45, 7) is 6.61. The lowest BCUT2D eigenvalue weighted by atomic mass is 10.1. The summed E-state index contributed by atoms with van der Waals surface area (Å²) in [5, 5.41) is 2.84. The van der Waals surface area contributed by atoms with Crippen molar-refractivity contribution in [3.63, 3.8) is 0 Å². The van der Waals surface area contributed by atoms with Gasteiger partial charge in [0, 0.05) is 0 Å². The number of thiophene rings is 1. The molecule has 24 heavy (non-hydrogen) atoms. The van der Waals surface area contributed by atoms with Crippen LogP contribution in [-0.4, -0.2) is 28.2 Å². The number of nitrogens with two attached hydrogens (primary N) is 1. The molecular weight excluding hydrogens is 375 g/mol. The second kappa shape index (κ2) is 6.20. The fraction of sp³-hybridized carbons (Fsp3) is 0.533. The molecule has 1 aliphatic rings. The summed E-state index contributed by atoms with van der Waals surface area (Å²) in [5.41, 5.74) is 4.87. The Labute approximate surface area is 153 Å². The first kappa shape index (κ1) is 19.0. The second-order valence-electron chi connectivity index (χ2n) is 6.25. The van der Waals surface area contributed by atoms with E-state index in [0.717, 1.165) is 11.3 Å². The zero-order valence-corrected chi connectivity index (χ0v) is 16.0. The smallest absolute Gasteiger partial charge is 0.341 e. The second-order valence-corrected chi connectivity index (χ2v) is 8.75. The number of amides is 2. The zero-order chi connectivity index (χ0) is 18.4. The van der Waals surface area contributed by atoms with Crippen molar-refractivity contribution in [2.24, 2.45) is 11.1 Å². The molecule has 1 atom stereocenters. The lowest BCUT2D eigenvalue weighted by Crippen LogP contribution is -2.26. The van der Waals surface area contributed by atoms with Crippen LogP contribution in [0.5, 0.6) is 0 Å². The summed E-state index contributed by atoms with van der Waals surface area (Å²) in [7, 11) is 0. The monoisotopic (exact) mass is 392 g/mol. The first-order valence-electron chi connectivity index (χ1n) is 7.24. The molecule has 1 unspecified atom stereocenters. The number of ether oxygens (including phenoxy) is 1. The lowest BCUT2D eigenvalue weighted by Gasteiger charge is -2.13. The van der Waals surface area contributed by atoms with Crippen LogP contribution in [0.3, 0.4) is 0 Å². The van der Waals surface area contributed by atoms with E-state index in [1.54, 1.807) is 27.7 Å². The number of nitrogens with one attached hydrogen (secondary N) is 1. The normalized spacial score (nSPS) is 21.5. The van der Waals surface area contributed by atoms with Gasteiger partial charge in [0.25, 0.3) is 5.91 Å². The molecule has 0 bridgehead atoms. The number of rotatable bonds is 5. The van der Waals surface area contributed by atoms with Crippen LogP contribution < -0.4 is 11.1 Å². The van der Waals surface area contributed by atoms with E-state index in [1.165, 1.54) is 0 Å². The van der Waals surface area contributed by atoms with Crippen LogP contribution >= 0.6 is 34.5 Å². The highest BCUT2D eigenvalue weighted by Crippen LogP contribution is 2.64. The van der Waals surface area contributed by atoms with Gasteiger partial charge in [0.15, 0.2) is 0 Å². The quantitative estimate of drug-likeness (QED) is 0.593. The van der Waals surface area contributed by atoms with Crippen molar-refractivity contribution in [1.29, 1.82) is 0 Å². The minimum atomic E-state index is -1.14. The van der Waals surface area contributed by atoms with E-state index < -0.39 is 27.5 Å². The number of primary amides is 1. The Hall–Kier alpha value is -1.31. The molecule has 0 aliphatic heterocycles. The summed E-state index contributed by atoms with van der Waals surface area (Å²) < 4.78 is 4.04. The molecule has 2 amide bonds. The van der Waals surface area contributed by atoms with Crippen LogP contribution in [-0.2, 0) is 9.53 Å². The molecule has 0 saturated heterocycles. The number of alkyl halides is 2. The Balaban J connectivity index is 2.38. The van der Waals surface area contributed by atoms with E-state index in [1.807, 2.05) is 0 Å². The first-order chi connectivity index (χ1) is 10.9. The van der Waals surface area contributed by atoms with Crippen molar-refractivity contribution < 1.29 is 19.1 Å². The molecule has 132 valence electrons. The number of hydrogen-bond donors (Lipinski definition) is 2. The summed E-state index contributed by atoms with van der Waals surface area (Å²) >= 11 is 12.9. The molecule has 3 N–H and O–H groups in total. The van der Waals surface area contributed by atoms with Crippen molar-refractivity contribution in [3.8, 4) is 0 Å². The van der Waals surface area contributed by atoms with Crippen molar-refractivity contribution in [2.75, 3.05) is 5.32 Å². The van der Waals surface area contributed by atoms with Crippen LogP contribution in [0.4, 0.5) is 5.00 Å². The van der Waals surface area contributed by atoms with E-state index >= 15 is 0 Å². The van der Waals surface area contributed by atoms with Crippen LogP contribution in [0.1, 0.15) is 52.8 Å². The molecule has 1 aliphatic carbocycles. The largest absolute Gasteiger partial charge is 0.459 e. The molecule has 1 aromatic heterocycles. The average Bonchev–Trinajstić information content (AvgIpc) is 2.78. The molecule has 1 fully saturated rings. The SMILES string of the molecule is Cc1c(C(N)=O)sc(NC(=O)C2(C)CC2(Cl)Cl)c1C(=O)OC(C)C. The van der Waals surface area contributed by atoms with Crippen molar-refractivity contribution in [2.45, 2.75) is 44.6 Å². The maximum atomic E-state index is 12.5. The number of halogens is 2. The van der Waals surface area contributed by atoms with Crippen molar-refractivity contribution in [3.05, 3.63) is 16.0 Å². The number of carbonyl (C=O) groups is 3. The van der Waals surface area contributed by atoms with E-state index in [-0.39, 0.29) is 21.5 Å². The van der Waals surface area contributed by atoms with Gasteiger partial charge in [0.05, 0.1) is 22.0 Å². The Bertz CT molecular complexity index is 729. The number of hydrogen-bond acceptors (Lipinski definition) is 5. The van der Waals surface area contributed by atoms with E-state index in [4.69, 9.17) is 33.7 Å². The fourth-order valence-electron chi connectivity index (χ4n) is 2.24. The third-order valence-electron chi connectivity index (χ3n) is 3.90. The van der Waals surface area contributed by atoms with Gasteiger partial charge in [-0.2, -0.15) is 0 Å². The number of esters is 1. The molecule has 2 rings (SSSR count). The third-order valence-corrected chi connectivity index (χ3v) is 6.23. The van der Waals surface area contributed by atoms with E-state index in [9.17, 15) is 14.4 Å². The van der Waals surface area contributed by atoms with Gasteiger partial charge in [0.2, 0.25) is 5.91 Å². The van der Waals surface area contributed by atoms with Gasteiger partial charge in [0.1, 0.15) is 9.33 Å². The predicted octanol–water partition coefficient (Wildman–Crippen LogP) is 3.24. The molecule has 1 saturated carbocycles. The Morgan fingerprint density at radius 3 is 2.29 bits per heavy atom. The van der Waals surface area contributed by atoms with Gasteiger partial charge >= 0.3 is 5.97 Å². The maximum absolute atomic E-state index is 12.5. The van der Waals surface area contributed by atoms with Crippen molar-refractivity contribution >= 4 is 57.3 Å². The number of carbonyl (C=O) groups excluding carboxylic acids is 3. The van der Waals surface area contributed by atoms with Crippen LogP contribution in [0.2, 0.25) is 0 Å². The molecule has 1 aromatic rings. The molecule has 1 heterocycles. The van der Waals surface area contributed by atoms with Gasteiger partial charge < -0.3 is 15.8 Å². The van der Waals surface area contributed by atoms with E-state index in [0.29, 0.717) is 12.0 Å². The maximum Gasteiger partial charge on any atom is 0.341 e. The molecule has 6 nitrogen and oxygen atoms in total. The lowest BCUT2D eigenvalue weighted by molar-refractivity contribution is -0.120. The fourth-order valence-corrected chi connectivity index (χ4v) is 3.99. The highest BCUT2D eigenvalue weighted by molar-refractivity contribution is 7.18. The Kier molecular flexibility index (Phi) is 4.92. The highest BCUT2D eigenvalue weighted by Gasteiger charge is 2.68. The van der Waals surface area contributed by atoms with E-state index in [2.05, 4.69) is 5.32 Å². The number of anilines is 1. The van der Waals surface area contributed by atoms with Gasteiger partial charge in [-0.1, -0.05) is 0 Å². The topological polar surface area (TPSA) is 98.5 Å². The summed E-state index contributed by atoms with van der Waals surface area (Å²) in [6, 6.07) is 0. The molecular formula is C15H18Cl2N2O4S. The third kappa shape index (κ3) is 3.25. The minimum absolute atomic E-state index is 0.120. The molecule has 0 spiro atoms. The van der Waals surface area contributed by atoms with Crippen LogP contribution in [0, 0.1) is 12.3 Å².